The van der Waals surface area contributed by atoms with E-state index in [1.165, 1.54) is 5.56 Å². The normalized spacial score (nSPS) is 18.2. The van der Waals surface area contributed by atoms with Gasteiger partial charge in [-0.3, -0.25) is 0 Å². The molecular formula is C13H17N5. The van der Waals surface area contributed by atoms with Crippen LogP contribution >= 0.6 is 0 Å². The van der Waals surface area contributed by atoms with Crippen LogP contribution in [0.4, 0.5) is 5.95 Å². The quantitative estimate of drug-likeness (QED) is 0.840. The molecule has 1 atom stereocenters. The van der Waals surface area contributed by atoms with Crippen molar-refractivity contribution in [2.75, 3.05) is 18.4 Å². The van der Waals surface area contributed by atoms with E-state index in [-0.39, 0.29) is 6.04 Å². The number of fused-ring (bicyclic) bond motifs is 1. The molecule has 18 heavy (non-hydrogen) atoms. The Kier molecular flexibility index (Phi) is 2.76. The summed E-state index contributed by atoms with van der Waals surface area (Å²) in [5.74, 6) is 1.59. The van der Waals surface area contributed by atoms with E-state index in [1.54, 1.807) is 0 Å². The topological polar surface area (TPSA) is 68.8 Å². The van der Waals surface area contributed by atoms with Gasteiger partial charge in [-0.2, -0.15) is 4.98 Å². The van der Waals surface area contributed by atoms with Crippen LogP contribution in [0.5, 0.6) is 0 Å². The van der Waals surface area contributed by atoms with Crippen LogP contribution < -0.4 is 11.1 Å². The summed E-state index contributed by atoms with van der Waals surface area (Å²) in [6.45, 7) is 3.58. The first kappa shape index (κ1) is 11.2. The minimum atomic E-state index is 0.257. The van der Waals surface area contributed by atoms with Crippen molar-refractivity contribution >= 4 is 5.95 Å². The van der Waals surface area contributed by atoms with Crippen LogP contribution in [0.3, 0.4) is 0 Å². The molecule has 1 aromatic heterocycles. The van der Waals surface area contributed by atoms with E-state index in [2.05, 4.69) is 34.5 Å². The van der Waals surface area contributed by atoms with Crippen molar-refractivity contribution in [2.45, 2.75) is 19.4 Å². The van der Waals surface area contributed by atoms with E-state index in [0.717, 1.165) is 30.3 Å². The third kappa shape index (κ3) is 1.86. The summed E-state index contributed by atoms with van der Waals surface area (Å²) in [5.41, 5.74) is 8.05. The summed E-state index contributed by atoms with van der Waals surface area (Å²) in [6, 6.07) is 8.50. The first-order valence-electron chi connectivity index (χ1n) is 6.25. The number of aromatic nitrogens is 3. The lowest BCUT2D eigenvalue weighted by molar-refractivity contribution is 0.427. The first-order valence-corrected chi connectivity index (χ1v) is 6.25. The number of hydrogen-bond donors (Lipinski definition) is 2. The van der Waals surface area contributed by atoms with Crippen LogP contribution in [0.15, 0.2) is 24.3 Å². The molecule has 1 aliphatic rings. The molecule has 2 heterocycles. The van der Waals surface area contributed by atoms with Gasteiger partial charge in [-0.15, -0.1) is 5.10 Å². The third-order valence-electron chi connectivity index (χ3n) is 3.32. The molecule has 3 rings (SSSR count). The van der Waals surface area contributed by atoms with Crippen LogP contribution in [-0.4, -0.2) is 27.9 Å². The zero-order valence-corrected chi connectivity index (χ0v) is 10.4. The Labute approximate surface area is 106 Å². The molecule has 0 spiro atoms. The predicted octanol–water partition coefficient (Wildman–Crippen LogP) is 1.57. The molecule has 1 aliphatic heterocycles. The maximum absolute atomic E-state index is 5.77. The summed E-state index contributed by atoms with van der Waals surface area (Å²) in [4.78, 5) is 4.53. The highest BCUT2D eigenvalue weighted by Gasteiger charge is 2.22. The lowest BCUT2D eigenvalue weighted by Gasteiger charge is -2.22. The second-order valence-corrected chi connectivity index (χ2v) is 4.67. The molecule has 0 fully saturated rings. The molecule has 0 aliphatic carbocycles. The molecule has 0 amide bonds. The van der Waals surface area contributed by atoms with Gasteiger partial charge in [-0.05, 0) is 13.3 Å². The molecule has 5 heteroatoms. The van der Waals surface area contributed by atoms with Crippen molar-refractivity contribution in [2.24, 2.45) is 5.73 Å². The molecular weight excluding hydrogens is 226 g/mol. The van der Waals surface area contributed by atoms with E-state index in [1.807, 2.05) is 16.8 Å². The summed E-state index contributed by atoms with van der Waals surface area (Å²) < 4.78 is 1.92. The fourth-order valence-corrected chi connectivity index (χ4v) is 2.21. The van der Waals surface area contributed by atoms with Crippen molar-refractivity contribution < 1.29 is 0 Å². The fourth-order valence-electron chi connectivity index (χ4n) is 2.21. The Morgan fingerprint density at radius 1 is 1.39 bits per heavy atom. The number of nitrogens with zero attached hydrogens (tertiary/aromatic N) is 3. The predicted molar refractivity (Wildman–Crippen MR) is 71.4 cm³/mol. The number of nitrogens with one attached hydrogen (secondary N) is 1. The van der Waals surface area contributed by atoms with Gasteiger partial charge in [0, 0.05) is 18.7 Å². The maximum Gasteiger partial charge on any atom is 0.222 e. The highest BCUT2D eigenvalue weighted by Crippen LogP contribution is 2.25. The SMILES string of the molecule is Cc1ccc(-c2nc3n(n2)C(CN)CCN3)cc1. The second-order valence-electron chi connectivity index (χ2n) is 4.67. The van der Waals surface area contributed by atoms with Crippen LogP contribution in [0, 0.1) is 6.92 Å². The highest BCUT2D eigenvalue weighted by atomic mass is 15.4. The van der Waals surface area contributed by atoms with E-state index in [0.29, 0.717) is 6.54 Å². The van der Waals surface area contributed by atoms with Gasteiger partial charge in [0.2, 0.25) is 5.95 Å². The number of anilines is 1. The van der Waals surface area contributed by atoms with E-state index < -0.39 is 0 Å². The van der Waals surface area contributed by atoms with Crippen LogP contribution in [0.25, 0.3) is 11.4 Å². The molecule has 0 radical (unpaired) electrons. The van der Waals surface area contributed by atoms with Crippen molar-refractivity contribution in [3.63, 3.8) is 0 Å². The van der Waals surface area contributed by atoms with Gasteiger partial charge in [0.15, 0.2) is 5.82 Å². The van der Waals surface area contributed by atoms with E-state index in [4.69, 9.17) is 5.73 Å². The van der Waals surface area contributed by atoms with Crippen molar-refractivity contribution in [3.8, 4) is 11.4 Å². The summed E-state index contributed by atoms with van der Waals surface area (Å²) in [7, 11) is 0. The van der Waals surface area contributed by atoms with Gasteiger partial charge in [-0.1, -0.05) is 29.8 Å². The molecule has 94 valence electrons. The molecule has 5 nitrogen and oxygen atoms in total. The Morgan fingerprint density at radius 3 is 2.89 bits per heavy atom. The molecule has 0 bridgehead atoms. The first-order chi connectivity index (χ1) is 8.78. The van der Waals surface area contributed by atoms with Crippen LogP contribution in [-0.2, 0) is 0 Å². The van der Waals surface area contributed by atoms with Crippen LogP contribution in [0.2, 0.25) is 0 Å². The average Bonchev–Trinajstić information content (AvgIpc) is 2.83. The van der Waals surface area contributed by atoms with Gasteiger partial charge >= 0.3 is 0 Å². The van der Waals surface area contributed by atoms with Crippen molar-refractivity contribution in [1.82, 2.24) is 14.8 Å². The maximum atomic E-state index is 5.77. The summed E-state index contributed by atoms with van der Waals surface area (Å²) in [5, 5.41) is 7.83. The van der Waals surface area contributed by atoms with E-state index >= 15 is 0 Å². The Bertz CT molecular complexity index is 543. The molecule has 1 unspecified atom stereocenters. The van der Waals surface area contributed by atoms with Gasteiger partial charge < -0.3 is 11.1 Å². The standard InChI is InChI=1S/C13H17N5/c1-9-2-4-10(5-3-9)12-16-13-15-7-6-11(8-14)18(13)17-12/h2-5,11H,6-8,14H2,1H3,(H,15,16,17). The lowest BCUT2D eigenvalue weighted by Crippen LogP contribution is -2.29. The number of rotatable bonds is 2. The van der Waals surface area contributed by atoms with Gasteiger partial charge in [0.25, 0.3) is 0 Å². The second kappa shape index (κ2) is 4.42. The molecule has 0 saturated heterocycles. The van der Waals surface area contributed by atoms with Crippen LogP contribution in [0.1, 0.15) is 18.0 Å². The zero-order valence-electron chi connectivity index (χ0n) is 10.4. The Hall–Kier alpha value is -1.88. The lowest BCUT2D eigenvalue weighted by atomic mass is 10.1. The van der Waals surface area contributed by atoms with Gasteiger partial charge in [0.1, 0.15) is 0 Å². The largest absolute Gasteiger partial charge is 0.354 e. The van der Waals surface area contributed by atoms with Crippen molar-refractivity contribution in [1.29, 1.82) is 0 Å². The Balaban J connectivity index is 1.99. The number of hydrogen-bond acceptors (Lipinski definition) is 4. The average molecular weight is 243 g/mol. The smallest absolute Gasteiger partial charge is 0.222 e. The van der Waals surface area contributed by atoms with Gasteiger partial charge in [0.05, 0.1) is 6.04 Å². The summed E-state index contributed by atoms with van der Waals surface area (Å²) in [6.07, 6.45) is 1.00. The number of benzene rings is 1. The van der Waals surface area contributed by atoms with Gasteiger partial charge in [-0.25, -0.2) is 4.68 Å². The number of aryl methyl sites for hydroxylation is 1. The highest BCUT2D eigenvalue weighted by molar-refractivity contribution is 5.57. The zero-order chi connectivity index (χ0) is 12.5. The Morgan fingerprint density at radius 2 is 2.17 bits per heavy atom. The number of nitrogens with two attached hydrogens (primary N) is 1. The monoisotopic (exact) mass is 243 g/mol. The molecule has 2 aromatic rings. The minimum absolute atomic E-state index is 0.257. The molecule has 3 N–H and O–H groups in total. The molecule has 0 saturated carbocycles. The van der Waals surface area contributed by atoms with Crippen molar-refractivity contribution in [3.05, 3.63) is 29.8 Å². The molecule has 1 aromatic carbocycles. The summed E-state index contributed by atoms with van der Waals surface area (Å²) >= 11 is 0. The minimum Gasteiger partial charge on any atom is -0.354 e. The fraction of sp³-hybridized carbons (Fsp3) is 0.385. The van der Waals surface area contributed by atoms with E-state index in [9.17, 15) is 0 Å². The third-order valence-corrected chi connectivity index (χ3v) is 3.32.